The highest BCUT2D eigenvalue weighted by Gasteiger charge is 2.37. The standard InChI is InChI=1S/C16H14ClF3N2O4.C14H13F4N3O2S.C5H12NO4P/c1-8(2)26-14(24)10-6-9(4-5-11(10)17)22-13(23)7-12(16(18,19)20)21(3)15(22)25;1-8(2)21(10-5-3-9(15)4-6-10)11(22)7-23-13-20-19-12(24-13)14(16,17)18;1-11(9,10)3-2-4(6)5(7)8/h4-8H,1-3H3;3-6,8H,7H2,1-2H3;4H,2-3,6H2,1H3,(H,7,8)(H,9,10). The lowest BCUT2D eigenvalue weighted by molar-refractivity contribution is -0.144. The van der Waals surface area contributed by atoms with Crippen molar-refractivity contribution in [1.82, 2.24) is 19.3 Å². The summed E-state index contributed by atoms with van der Waals surface area (Å²) in [6.07, 6.45) is -9.91. The van der Waals surface area contributed by atoms with Gasteiger partial charge in [0.05, 0.1) is 22.4 Å². The summed E-state index contributed by atoms with van der Waals surface area (Å²) < 4.78 is 110. The van der Waals surface area contributed by atoms with Crippen LogP contribution in [-0.4, -0.2) is 84.8 Å². The predicted octanol–water partition coefficient (Wildman–Crippen LogP) is 5.98. The third-order valence-corrected chi connectivity index (χ3v) is 9.71. The zero-order valence-electron chi connectivity index (χ0n) is 32.8. The molecule has 61 heavy (non-hydrogen) atoms. The minimum absolute atomic E-state index is 0.0104. The van der Waals surface area contributed by atoms with Crippen molar-refractivity contribution >= 4 is 53.8 Å². The first kappa shape index (κ1) is 52.0. The minimum Gasteiger partial charge on any atom is -0.480 e. The molecule has 4 N–H and O–H groups in total. The van der Waals surface area contributed by atoms with E-state index in [0.717, 1.165) is 13.1 Å². The zero-order valence-corrected chi connectivity index (χ0v) is 35.3. The molecule has 2 aromatic heterocycles. The van der Waals surface area contributed by atoms with Gasteiger partial charge in [0, 0.05) is 37.7 Å². The van der Waals surface area contributed by atoms with Crippen LogP contribution in [0.15, 0.2) is 58.1 Å². The van der Waals surface area contributed by atoms with Gasteiger partial charge in [-0.3, -0.25) is 23.5 Å². The van der Waals surface area contributed by atoms with Gasteiger partial charge in [-0.15, -0.1) is 5.10 Å². The number of halogens is 8. The number of esters is 1. The Labute approximate surface area is 350 Å². The first-order chi connectivity index (χ1) is 27.9. The molecule has 2 heterocycles. The highest BCUT2D eigenvalue weighted by Crippen LogP contribution is 2.36. The summed E-state index contributed by atoms with van der Waals surface area (Å²) in [6, 6.07) is 7.90. The number of aliphatic carboxylic acids is 1. The maximum Gasteiger partial charge on any atom is 0.445 e. The number of ether oxygens (including phenoxy) is 2. The van der Waals surface area contributed by atoms with Crippen LogP contribution in [0, 0.1) is 5.82 Å². The Morgan fingerprint density at radius 1 is 0.984 bits per heavy atom. The van der Waals surface area contributed by atoms with E-state index in [1.165, 1.54) is 48.0 Å². The van der Waals surface area contributed by atoms with Crippen LogP contribution in [0.4, 0.5) is 36.4 Å². The van der Waals surface area contributed by atoms with Crippen LogP contribution in [0.5, 0.6) is 5.19 Å². The number of benzene rings is 2. The summed E-state index contributed by atoms with van der Waals surface area (Å²) >= 11 is 6.15. The van der Waals surface area contributed by atoms with Gasteiger partial charge < -0.3 is 30.1 Å². The van der Waals surface area contributed by atoms with Crippen molar-refractivity contribution in [2.45, 2.75) is 64.7 Å². The monoisotopic (exact) mass is 934 g/mol. The largest absolute Gasteiger partial charge is 0.480 e. The molecule has 2 unspecified atom stereocenters. The van der Waals surface area contributed by atoms with E-state index in [1.807, 2.05) is 0 Å². The van der Waals surface area contributed by atoms with E-state index in [-0.39, 0.29) is 51.4 Å². The number of aromatic nitrogens is 4. The SMILES string of the molecule is CC(C)N(C(=O)COc1nnc(C(F)(F)F)s1)c1ccc(F)cc1.CC(C)OC(=O)c1cc(-n2c(=O)cc(C(F)(F)F)n(C)c2=O)ccc1Cl.CP(=O)(O)CCC(N)C(=O)O. The van der Waals surface area contributed by atoms with Crippen molar-refractivity contribution in [3.63, 3.8) is 0 Å². The van der Waals surface area contributed by atoms with Crippen LogP contribution in [0.3, 0.4) is 0 Å². The lowest BCUT2D eigenvalue weighted by Gasteiger charge is -2.26. The van der Waals surface area contributed by atoms with Crippen molar-refractivity contribution in [3.8, 4) is 10.9 Å². The molecular formula is C35H39ClF7N6O10PS. The maximum atomic E-state index is 13.0. The molecule has 1 amide bonds. The van der Waals surface area contributed by atoms with Crippen molar-refractivity contribution in [1.29, 1.82) is 0 Å². The van der Waals surface area contributed by atoms with Crippen molar-refractivity contribution in [2.24, 2.45) is 12.8 Å². The average Bonchev–Trinajstić information content (AvgIpc) is 3.62. The van der Waals surface area contributed by atoms with Gasteiger partial charge in [-0.25, -0.2) is 18.5 Å². The fourth-order valence-electron chi connectivity index (χ4n) is 4.63. The molecule has 4 aromatic rings. The van der Waals surface area contributed by atoms with Crippen LogP contribution >= 0.6 is 30.3 Å². The Kier molecular flexibility index (Phi) is 18.4. The van der Waals surface area contributed by atoms with Gasteiger partial charge in [0.15, 0.2) is 14.0 Å². The summed E-state index contributed by atoms with van der Waals surface area (Å²) in [4.78, 5) is 69.0. The quantitative estimate of drug-likeness (QED) is 0.0846. The van der Waals surface area contributed by atoms with Gasteiger partial charge in [-0.1, -0.05) is 28.0 Å². The number of carbonyl (C=O) groups excluding carboxylic acids is 2. The molecule has 2 aromatic carbocycles. The van der Waals surface area contributed by atoms with E-state index in [9.17, 15) is 59.3 Å². The molecular weight excluding hydrogens is 896 g/mol. The lowest BCUT2D eigenvalue weighted by Crippen LogP contribution is -2.40. The highest BCUT2D eigenvalue weighted by molar-refractivity contribution is 7.57. The lowest BCUT2D eigenvalue weighted by atomic mass is 10.2. The van der Waals surface area contributed by atoms with E-state index in [1.54, 1.807) is 27.7 Å². The molecule has 0 saturated heterocycles. The van der Waals surface area contributed by atoms with E-state index in [4.69, 9.17) is 36.8 Å². The molecule has 26 heteroatoms. The van der Waals surface area contributed by atoms with E-state index in [0.29, 0.717) is 20.9 Å². The van der Waals surface area contributed by atoms with E-state index in [2.05, 4.69) is 10.2 Å². The molecule has 0 aliphatic carbocycles. The Hall–Kier alpha value is -5.16. The topological polar surface area (TPSA) is 226 Å². The molecule has 2 atom stereocenters. The summed E-state index contributed by atoms with van der Waals surface area (Å²) in [7, 11) is -2.21. The molecule has 4 rings (SSSR count). The Balaban J connectivity index is 0.000000340. The van der Waals surface area contributed by atoms with Gasteiger partial charge in [0.25, 0.3) is 16.7 Å². The first-order valence-electron chi connectivity index (χ1n) is 17.2. The number of nitrogens with two attached hydrogens (primary N) is 1. The van der Waals surface area contributed by atoms with Gasteiger partial charge in [0.1, 0.15) is 17.6 Å². The van der Waals surface area contributed by atoms with E-state index >= 15 is 0 Å². The fourth-order valence-corrected chi connectivity index (χ4v) is 6.15. The second-order valence-corrected chi connectivity index (χ2v) is 17.1. The first-order valence-corrected chi connectivity index (χ1v) is 20.7. The van der Waals surface area contributed by atoms with Crippen molar-refractivity contribution in [2.75, 3.05) is 24.3 Å². The van der Waals surface area contributed by atoms with Crippen molar-refractivity contribution in [3.05, 3.63) is 96.5 Å². The zero-order chi connectivity index (χ0) is 46.8. The molecule has 0 aliphatic heterocycles. The third kappa shape index (κ3) is 16.0. The number of nitrogens with zero attached hydrogens (tertiary/aromatic N) is 5. The highest BCUT2D eigenvalue weighted by atomic mass is 35.5. The summed E-state index contributed by atoms with van der Waals surface area (Å²) in [5, 5.41) is 13.0. The Morgan fingerprint density at radius 2 is 1.57 bits per heavy atom. The van der Waals surface area contributed by atoms with Crippen LogP contribution in [0.2, 0.25) is 5.02 Å². The Bertz CT molecular complexity index is 2330. The van der Waals surface area contributed by atoms with E-state index < -0.39 is 84.1 Å². The molecule has 0 aliphatic rings. The molecule has 0 bridgehead atoms. The maximum absolute atomic E-state index is 13.0. The van der Waals surface area contributed by atoms with Crippen LogP contribution in [0.1, 0.15) is 55.2 Å². The number of carboxylic acids is 1. The average molecular weight is 935 g/mol. The molecule has 336 valence electrons. The van der Waals surface area contributed by atoms with Crippen LogP contribution < -0.4 is 26.6 Å². The number of carbonyl (C=O) groups is 3. The number of hydrogen-bond acceptors (Lipinski definition) is 12. The smallest absolute Gasteiger partial charge is 0.445 e. The predicted molar refractivity (Wildman–Crippen MR) is 208 cm³/mol. The van der Waals surface area contributed by atoms with Crippen molar-refractivity contribution < 1.29 is 69.2 Å². The minimum atomic E-state index is -4.86. The van der Waals surface area contributed by atoms with Crippen LogP contribution in [-0.2, 0) is 38.3 Å². The number of rotatable bonds is 12. The van der Waals surface area contributed by atoms with Crippen LogP contribution in [0.25, 0.3) is 5.69 Å². The third-order valence-electron chi connectivity index (χ3n) is 7.41. The number of hydrogen-bond donors (Lipinski definition) is 3. The van der Waals surface area contributed by atoms with Gasteiger partial charge >= 0.3 is 30.0 Å². The molecule has 0 fully saturated rings. The molecule has 0 spiro atoms. The molecule has 0 saturated carbocycles. The van der Waals surface area contributed by atoms with Gasteiger partial charge in [-0.2, -0.15) is 26.3 Å². The summed E-state index contributed by atoms with van der Waals surface area (Å²) in [5.74, 6) is -2.87. The van der Waals surface area contributed by atoms with Gasteiger partial charge in [0.2, 0.25) is 5.01 Å². The number of amides is 1. The summed E-state index contributed by atoms with van der Waals surface area (Å²) in [5.41, 5.74) is 1.54. The Morgan fingerprint density at radius 3 is 2.05 bits per heavy atom. The normalized spacial score (nSPS) is 13.0. The molecule has 16 nitrogen and oxygen atoms in total. The fraction of sp³-hybridized carbons (Fsp3) is 0.400. The molecule has 0 radical (unpaired) electrons. The number of alkyl halides is 6. The number of carboxylic acid groups (broad SMARTS) is 1. The number of anilines is 1. The second kappa shape index (κ2) is 21.6. The second-order valence-electron chi connectivity index (χ2n) is 13.2. The summed E-state index contributed by atoms with van der Waals surface area (Å²) in [6.45, 7) is 7.39. The van der Waals surface area contributed by atoms with Gasteiger partial charge in [-0.05, 0) is 76.6 Å².